The summed E-state index contributed by atoms with van der Waals surface area (Å²) in [6.45, 7) is 4.00. The molecular weight excluding hydrogens is 277 g/mol. The van der Waals surface area contributed by atoms with E-state index in [0.717, 1.165) is 0 Å². The first-order chi connectivity index (χ1) is 9.81. The van der Waals surface area contributed by atoms with Gasteiger partial charge in [0.1, 0.15) is 25.3 Å². The van der Waals surface area contributed by atoms with E-state index in [-0.39, 0.29) is 17.5 Å². The number of aromatic nitrogens is 6. The summed E-state index contributed by atoms with van der Waals surface area (Å²) in [5, 5.41) is 0. The van der Waals surface area contributed by atoms with Gasteiger partial charge in [-0.2, -0.15) is 0 Å². The van der Waals surface area contributed by atoms with Gasteiger partial charge in [-0.3, -0.25) is 0 Å². The molecule has 9 nitrogen and oxygen atoms in total. The van der Waals surface area contributed by atoms with E-state index in [0.29, 0.717) is 5.82 Å². The normalized spacial score (nSPS) is 11.6. The maximum absolute atomic E-state index is 5.74. The Bertz CT molecular complexity index is 570. The van der Waals surface area contributed by atoms with Gasteiger partial charge in [0.05, 0.1) is 0 Å². The van der Waals surface area contributed by atoms with Crippen LogP contribution in [0.3, 0.4) is 0 Å². The van der Waals surface area contributed by atoms with Crippen molar-refractivity contribution in [3.8, 4) is 0 Å². The SMILES string of the molecule is CC.NC(=N/C(=N\P)c1ncncn1)c1ncncn1. The highest BCUT2D eigenvalue weighted by atomic mass is 31.0. The van der Waals surface area contributed by atoms with Crippen LogP contribution in [0.2, 0.25) is 0 Å². The molecule has 0 aliphatic heterocycles. The number of hydrogen-bond acceptors (Lipinski definition) is 7. The zero-order valence-electron chi connectivity index (χ0n) is 11.0. The van der Waals surface area contributed by atoms with Crippen molar-refractivity contribution in [1.82, 2.24) is 29.9 Å². The molecule has 0 aliphatic carbocycles. The van der Waals surface area contributed by atoms with E-state index >= 15 is 0 Å². The molecule has 0 spiro atoms. The first kappa shape index (κ1) is 15.6. The Morgan fingerprint density at radius 1 is 0.950 bits per heavy atom. The van der Waals surface area contributed by atoms with Gasteiger partial charge in [0.15, 0.2) is 17.5 Å². The molecule has 0 aromatic carbocycles. The molecule has 0 saturated carbocycles. The van der Waals surface area contributed by atoms with Crippen LogP contribution >= 0.6 is 9.39 Å². The van der Waals surface area contributed by atoms with Crippen LogP contribution < -0.4 is 5.73 Å². The van der Waals surface area contributed by atoms with Crippen molar-refractivity contribution in [2.75, 3.05) is 0 Å². The van der Waals surface area contributed by atoms with Gasteiger partial charge in [-0.05, 0) is 9.39 Å². The van der Waals surface area contributed by atoms with E-state index < -0.39 is 0 Å². The van der Waals surface area contributed by atoms with Crippen LogP contribution in [-0.2, 0) is 0 Å². The van der Waals surface area contributed by atoms with Gasteiger partial charge in [-0.15, -0.1) is 0 Å². The summed E-state index contributed by atoms with van der Waals surface area (Å²) < 4.78 is 3.87. The molecule has 1 unspecified atom stereocenters. The Balaban J connectivity index is 0.000000956. The lowest BCUT2D eigenvalue weighted by Crippen LogP contribution is -2.20. The predicted octanol–water partition coefficient (Wildman–Crippen LogP) is 0.0250. The fourth-order valence-electron chi connectivity index (χ4n) is 1.03. The first-order valence-corrected chi connectivity index (χ1v) is 6.19. The Morgan fingerprint density at radius 3 is 1.85 bits per heavy atom. The van der Waals surface area contributed by atoms with Gasteiger partial charge in [0.2, 0.25) is 5.82 Å². The van der Waals surface area contributed by atoms with Crippen LogP contribution in [0.4, 0.5) is 0 Å². The van der Waals surface area contributed by atoms with Crippen LogP contribution in [0.25, 0.3) is 0 Å². The Labute approximate surface area is 118 Å². The maximum Gasteiger partial charge on any atom is 0.200 e. The van der Waals surface area contributed by atoms with Gasteiger partial charge >= 0.3 is 0 Å². The number of hydrogen-bond donors (Lipinski definition) is 1. The number of nitrogens with zero attached hydrogens (tertiary/aromatic N) is 8. The molecule has 2 N–H and O–H groups in total. The van der Waals surface area contributed by atoms with Gasteiger partial charge in [-0.25, -0.2) is 39.7 Å². The fraction of sp³-hybridized carbons (Fsp3) is 0.200. The van der Waals surface area contributed by atoms with Gasteiger partial charge in [0, 0.05) is 0 Å². The minimum atomic E-state index is 0.0963. The van der Waals surface area contributed by atoms with Crippen LogP contribution in [0.15, 0.2) is 35.1 Å². The van der Waals surface area contributed by atoms with E-state index in [1.165, 1.54) is 25.3 Å². The maximum atomic E-state index is 5.74. The van der Waals surface area contributed by atoms with E-state index in [2.05, 4.69) is 49.0 Å². The zero-order chi connectivity index (χ0) is 14.8. The molecule has 10 heteroatoms. The second kappa shape index (κ2) is 8.65. The molecule has 0 radical (unpaired) electrons. The molecule has 2 heterocycles. The highest BCUT2D eigenvalue weighted by molar-refractivity contribution is 7.15. The van der Waals surface area contributed by atoms with E-state index in [9.17, 15) is 0 Å². The standard InChI is InChI=1S/C8H8N9P.C2H6/c9-5(6-12-1-10-2-13-6)16-8(17-18)7-14-3-11-4-15-7;1-2/h1-4H,18H2,(H2,9,16,17);1-2H3. The second-order valence-corrected chi connectivity index (χ2v) is 3.13. The molecule has 0 saturated heterocycles. The van der Waals surface area contributed by atoms with Crippen molar-refractivity contribution in [2.45, 2.75) is 13.8 Å². The predicted molar refractivity (Wildman–Crippen MR) is 78.0 cm³/mol. The van der Waals surface area contributed by atoms with Gasteiger partial charge < -0.3 is 5.73 Å². The van der Waals surface area contributed by atoms with Crippen LogP contribution in [-0.4, -0.2) is 41.6 Å². The molecule has 0 bridgehead atoms. The molecule has 2 aromatic rings. The van der Waals surface area contributed by atoms with E-state index in [1.807, 2.05) is 13.8 Å². The molecule has 2 aromatic heterocycles. The second-order valence-electron chi connectivity index (χ2n) is 2.87. The number of amidine groups is 2. The van der Waals surface area contributed by atoms with Crippen molar-refractivity contribution < 1.29 is 0 Å². The average molecular weight is 291 g/mol. The molecule has 2 rings (SSSR count). The lowest BCUT2D eigenvalue weighted by Gasteiger charge is -2.00. The summed E-state index contributed by atoms with van der Waals surface area (Å²) in [6, 6.07) is 0. The topological polar surface area (TPSA) is 128 Å². The van der Waals surface area contributed by atoms with E-state index in [1.54, 1.807) is 0 Å². The molecule has 20 heavy (non-hydrogen) atoms. The van der Waals surface area contributed by atoms with Crippen molar-refractivity contribution >= 4 is 21.1 Å². The largest absolute Gasteiger partial charge is 0.380 e. The van der Waals surface area contributed by atoms with Crippen LogP contribution in [0.1, 0.15) is 25.5 Å². The van der Waals surface area contributed by atoms with Crippen molar-refractivity contribution in [3.63, 3.8) is 0 Å². The summed E-state index contributed by atoms with van der Waals surface area (Å²) in [4.78, 5) is 27.0. The Kier molecular flexibility index (Phi) is 6.77. The quantitative estimate of drug-likeness (QED) is 0.469. The number of nitrogens with two attached hydrogens (primary N) is 1. The lowest BCUT2D eigenvalue weighted by molar-refractivity contribution is 1.01. The summed E-state index contributed by atoms with van der Waals surface area (Å²) in [7, 11) is 2.17. The number of rotatable bonds is 2. The highest BCUT2D eigenvalue weighted by Gasteiger charge is 2.07. The third-order valence-electron chi connectivity index (χ3n) is 1.76. The molecule has 1 atom stereocenters. The number of aliphatic imine (C=N–C) groups is 1. The zero-order valence-corrected chi connectivity index (χ0v) is 12.2. The average Bonchev–Trinajstić information content (AvgIpc) is 2.56. The minimum absolute atomic E-state index is 0.0963. The lowest BCUT2D eigenvalue weighted by atomic mass is 10.5. The summed E-state index contributed by atoms with van der Waals surface area (Å²) in [5.41, 5.74) is 5.74. The summed E-state index contributed by atoms with van der Waals surface area (Å²) in [5.74, 6) is 0.890. The van der Waals surface area contributed by atoms with Crippen molar-refractivity contribution in [3.05, 3.63) is 37.0 Å². The van der Waals surface area contributed by atoms with Crippen molar-refractivity contribution in [2.24, 2.45) is 15.5 Å². The monoisotopic (exact) mass is 291 g/mol. The molecule has 104 valence electrons. The molecule has 0 fully saturated rings. The first-order valence-electron chi connectivity index (χ1n) is 5.68. The van der Waals surface area contributed by atoms with Gasteiger partial charge in [-0.1, -0.05) is 13.8 Å². The Morgan fingerprint density at radius 2 is 1.40 bits per heavy atom. The van der Waals surface area contributed by atoms with Crippen LogP contribution in [0, 0.1) is 0 Å². The van der Waals surface area contributed by atoms with Crippen molar-refractivity contribution in [1.29, 1.82) is 0 Å². The third-order valence-corrected chi connectivity index (χ3v) is 2.01. The smallest absolute Gasteiger partial charge is 0.200 e. The Hall–Kier alpha value is -2.41. The molecule has 0 aliphatic rings. The third kappa shape index (κ3) is 4.36. The summed E-state index contributed by atoms with van der Waals surface area (Å²) >= 11 is 0. The fourth-order valence-corrected chi connectivity index (χ4v) is 1.20. The minimum Gasteiger partial charge on any atom is -0.380 e. The molecular formula is C10H14N9P. The summed E-state index contributed by atoms with van der Waals surface area (Å²) in [6.07, 6.45) is 5.33. The van der Waals surface area contributed by atoms with E-state index in [4.69, 9.17) is 5.73 Å². The van der Waals surface area contributed by atoms with Crippen LogP contribution in [0.5, 0.6) is 0 Å². The highest BCUT2D eigenvalue weighted by Crippen LogP contribution is 1.99. The molecule has 0 amide bonds. The van der Waals surface area contributed by atoms with Gasteiger partial charge in [0.25, 0.3) is 0 Å².